The topological polar surface area (TPSA) is 56.9 Å². The maximum absolute atomic E-state index is 11.6. The summed E-state index contributed by atoms with van der Waals surface area (Å²) in [5.41, 5.74) is 2.64. The van der Waals surface area contributed by atoms with Crippen molar-refractivity contribution in [1.82, 2.24) is 5.48 Å². The smallest absolute Gasteiger partial charge is 0.156 e. The minimum absolute atomic E-state index is 0.386. The number of nitrogens with one attached hydrogen (secondary N) is 2. The lowest BCUT2D eigenvalue weighted by atomic mass is 9.83. The third kappa shape index (κ3) is 4.48. The summed E-state index contributed by atoms with van der Waals surface area (Å²) < 4.78 is 0. The van der Waals surface area contributed by atoms with Crippen LogP contribution in [0.5, 0.6) is 0 Å². The Kier molecular flexibility index (Phi) is 7.19. The van der Waals surface area contributed by atoms with E-state index in [4.69, 9.17) is 0 Å². The summed E-state index contributed by atoms with van der Waals surface area (Å²) in [6.07, 6.45) is 2.66. The molecule has 0 aliphatic heterocycles. The molecule has 4 heteroatoms. The van der Waals surface area contributed by atoms with Gasteiger partial charge in [-0.3, -0.25) is 10.7 Å². The SMILES string of the molecule is CC[NH+](CC)CC/C=C(/NO)C(O)(c1ccccc1)c1ccccc1. The van der Waals surface area contributed by atoms with E-state index in [9.17, 15) is 10.3 Å². The predicted molar refractivity (Wildman–Crippen MR) is 100 cm³/mol. The molecule has 0 fully saturated rings. The molecule has 25 heavy (non-hydrogen) atoms. The fraction of sp³-hybridized carbons (Fsp3) is 0.333. The molecule has 2 rings (SSSR count). The van der Waals surface area contributed by atoms with Gasteiger partial charge in [0.1, 0.15) is 0 Å². The van der Waals surface area contributed by atoms with Gasteiger partial charge in [0, 0.05) is 6.42 Å². The Labute approximate surface area is 150 Å². The van der Waals surface area contributed by atoms with Crippen molar-refractivity contribution in [3.63, 3.8) is 0 Å². The number of benzene rings is 2. The molecule has 0 heterocycles. The third-order valence-corrected chi connectivity index (χ3v) is 4.74. The molecule has 0 atom stereocenters. The van der Waals surface area contributed by atoms with Crippen LogP contribution in [-0.4, -0.2) is 29.9 Å². The molecule has 0 spiro atoms. The van der Waals surface area contributed by atoms with Crippen LogP contribution in [0.1, 0.15) is 31.4 Å². The number of hydrogen-bond acceptors (Lipinski definition) is 3. The fourth-order valence-corrected chi connectivity index (χ4v) is 3.13. The highest BCUT2D eigenvalue weighted by molar-refractivity contribution is 5.44. The molecule has 0 amide bonds. The van der Waals surface area contributed by atoms with Crippen molar-refractivity contribution in [2.24, 2.45) is 0 Å². The summed E-state index contributed by atoms with van der Waals surface area (Å²) in [5, 5.41) is 21.4. The summed E-state index contributed by atoms with van der Waals surface area (Å²) in [5.74, 6) is 0. The monoisotopic (exact) mass is 341 g/mol. The molecule has 0 saturated carbocycles. The van der Waals surface area contributed by atoms with Crippen LogP contribution in [0.3, 0.4) is 0 Å². The van der Waals surface area contributed by atoms with Gasteiger partial charge in [0.15, 0.2) is 5.60 Å². The van der Waals surface area contributed by atoms with Gasteiger partial charge in [-0.1, -0.05) is 66.7 Å². The summed E-state index contributed by atoms with van der Waals surface area (Å²) in [6.45, 7) is 7.41. The van der Waals surface area contributed by atoms with Crippen LogP contribution in [0, 0.1) is 0 Å². The van der Waals surface area contributed by atoms with Crippen LogP contribution in [0.2, 0.25) is 0 Å². The molecule has 0 radical (unpaired) electrons. The van der Waals surface area contributed by atoms with Gasteiger partial charge in [-0.25, -0.2) is 0 Å². The second-order valence-corrected chi connectivity index (χ2v) is 6.17. The van der Waals surface area contributed by atoms with Gasteiger partial charge in [0.2, 0.25) is 0 Å². The fourth-order valence-electron chi connectivity index (χ4n) is 3.13. The highest BCUT2D eigenvalue weighted by atomic mass is 16.5. The van der Waals surface area contributed by atoms with Crippen molar-refractivity contribution in [2.75, 3.05) is 19.6 Å². The van der Waals surface area contributed by atoms with Gasteiger partial charge in [-0.15, -0.1) is 0 Å². The first kappa shape index (κ1) is 19.2. The van der Waals surface area contributed by atoms with Crippen molar-refractivity contribution in [3.8, 4) is 0 Å². The van der Waals surface area contributed by atoms with Crippen molar-refractivity contribution in [2.45, 2.75) is 25.9 Å². The minimum Gasteiger partial charge on any atom is -0.374 e. The second kappa shape index (κ2) is 9.37. The summed E-state index contributed by atoms with van der Waals surface area (Å²) >= 11 is 0. The first-order valence-corrected chi connectivity index (χ1v) is 8.94. The zero-order valence-electron chi connectivity index (χ0n) is 15.1. The largest absolute Gasteiger partial charge is 0.374 e. The molecule has 0 aliphatic carbocycles. The van der Waals surface area contributed by atoms with Gasteiger partial charge >= 0.3 is 0 Å². The highest BCUT2D eigenvalue weighted by Crippen LogP contribution is 2.35. The molecule has 0 aliphatic rings. The lowest BCUT2D eigenvalue weighted by molar-refractivity contribution is -0.896. The molecule has 134 valence electrons. The highest BCUT2D eigenvalue weighted by Gasteiger charge is 2.35. The van der Waals surface area contributed by atoms with E-state index in [1.807, 2.05) is 66.7 Å². The van der Waals surface area contributed by atoms with Crippen LogP contribution >= 0.6 is 0 Å². The van der Waals surface area contributed by atoms with E-state index in [0.717, 1.165) is 26.1 Å². The van der Waals surface area contributed by atoms with Crippen LogP contribution in [0.4, 0.5) is 0 Å². The Balaban J connectivity index is 2.40. The summed E-state index contributed by atoms with van der Waals surface area (Å²) in [4.78, 5) is 1.48. The molecule has 0 saturated heterocycles. The standard InChI is InChI=1S/C21H28N2O2/c1-3-23(4-2)17-11-16-20(22-25)21(24,18-12-7-5-8-13-18)19-14-9-6-10-15-19/h5-10,12-16,22,24-25H,3-4,11,17H2,1-2H3/p+1/b20-16+. The first-order chi connectivity index (χ1) is 12.2. The van der Waals surface area contributed by atoms with E-state index in [1.54, 1.807) is 0 Å². The minimum atomic E-state index is -1.42. The number of rotatable bonds is 9. The zero-order valence-corrected chi connectivity index (χ0v) is 15.1. The lowest BCUT2D eigenvalue weighted by Crippen LogP contribution is -3.11. The molecule has 0 aromatic heterocycles. The molecule has 4 nitrogen and oxygen atoms in total. The molecule has 2 aromatic rings. The Hall–Kier alpha value is -2.14. The molecular formula is C21H29N2O2+. The van der Waals surface area contributed by atoms with E-state index in [0.29, 0.717) is 16.8 Å². The predicted octanol–water partition coefficient (Wildman–Crippen LogP) is 2.10. The zero-order chi connectivity index (χ0) is 18.1. The van der Waals surface area contributed by atoms with Gasteiger partial charge in [0.25, 0.3) is 0 Å². The quantitative estimate of drug-likeness (QED) is 0.529. The van der Waals surface area contributed by atoms with Gasteiger partial charge in [-0.2, -0.15) is 0 Å². The number of hydroxylamine groups is 1. The van der Waals surface area contributed by atoms with Crippen LogP contribution < -0.4 is 10.4 Å². The summed E-state index contributed by atoms with van der Waals surface area (Å²) in [6, 6.07) is 18.8. The van der Waals surface area contributed by atoms with Crippen molar-refractivity contribution in [3.05, 3.63) is 83.6 Å². The van der Waals surface area contributed by atoms with Crippen LogP contribution in [0.25, 0.3) is 0 Å². The van der Waals surface area contributed by atoms with Gasteiger partial charge < -0.3 is 10.0 Å². The van der Waals surface area contributed by atoms with Crippen LogP contribution in [0.15, 0.2) is 72.4 Å². The Morgan fingerprint density at radius 1 is 0.960 bits per heavy atom. The third-order valence-electron chi connectivity index (χ3n) is 4.74. The molecule has 2 aromatic carbocycles. The Bertz CT molecular complexity index is 613. The van der Waals surface area contributed by atoms with Crippen molar-refractivity contribution in [1.29, 1.82) is 0 Å². The number of quaternary nitrogens is 1. The molecule has 0 bridgehead atoms. The number of aliphatic hydroxyl groups is 1. The average Bonchev–Trinajstić information content (AvgIpc) is 2.69. The van der Waals surface area contributed by atoms with E-state index < -0.39 is 5.60 Å². The van der Waals surface area contributed by atoms with Gasteiger partial charge in [0.05, 0.1) is 25.3 Å². The summed E-state index contributed by atoms with van der Waals surface area (Å²) in [7, 11) is 0. The maximum atomic E-state index is 11.6. The van der Waals surface area contributed by atoms with E-state index >= 15 is 0 Å². The molecule has 0 unspecified atom stereocenters. The van der Waals surface area contributed by atoms with Crippen molar-refractivity contribution < 1.29 is 15.2 Å². The normalized spacial score (nSPS) is 12.4. The lowest BCUT2D eigenvalue weighted by Gasteiger charge is -2.31. The van der Waals surface area contributed by atoms with E-state index in [1.165, 1.54) is 4.90 Å². The average molecular weight is 341 g/mol. The Morgan fingerprint density at radius 3 is 1.84 bits per heavy atom. The van der Waals surface area contributed by atoms with E-state index in [-0.39, 0.29) is 0 Å². The first-order valence-electron chi connectivity index (χ1n) is 8.94. The maximum Gasteiger partial charge on any atom is 0.156 e. The van der Waals surface area contributed by atoms with Crippen molar-refractivity contribution >= 4 is 0 Å². The molecule has 4 N–H and O–H groups in total. The van der Waals surface area contributed by atoms with Crippen LogP contribution in [-0.2, 0) is 5.60 Å². The number of hydrogen-bond donors (Lipinski definition) is 4. The van der Waals surface area contributed by atoms with E-state index in [2.05, 4.69) is 19.3 Å². The second-order valence-electron chi connectivity index (χ2n) is 6.17. The molecular weight excluding hydrogens is 312 g/mol. The van der Waals surface area contributed by atoms with Gasteiger partial charge in [-0.05, 0) is 25.0 Å². The Morgan fingerprint density at radius 2 is 1.44 bits per heavy atom.